The Hall–Kier alpha value is -1.95. The van der Waals surface area contributed by atoms with Crippen molar-refractivity contribution in [3.8, 4) is 0 Å². The molecule has 2 aromatic heterocycles. The summed E-state index contributed by atoms with van der Waals surface area (Å²) in [7, 11) is 0. The minimum atomic E-state index is -1.09. The molecule has 0 spiro atoms. The van der Waals surface area contributed by atoms with Gasteiger partial charge in [-0.1, -0.05) is 24.3 Å². The smallest absolute Gasteiger partial charge is 0.244 e. The molecule has 0 radical (unpaired) electrons. The van der Waals surface area contributed by atoms with Gasteiger partial charge >= 0.3 is 0 Å². The van der Waals surface area contributed by atoms with Gasteiger partial charge in [0.05, 0.1) is 6.54 Å². The van der Waals surface area contributed by atoms with Crippen LogP contribution in [0.4, 0.5) is 0 Å². The first-order valence-corrected chi connectivity index (χ1v) is 8.95. The highest BCUT2D eigenvalue weighted by Gasteiger charge is 2.25. The van der Waals surface area contributed by atoms with Crippen LogP contribution in [0.3, 0.4) is 0 Å². The molecule has 0 fully saturated rings. The van der Waals surface area contributed by atoms with Gasteiger partial charge in [-0.3, -0.25) is 4.79 Å². The van der Waals surface area contributed by atoms with Crippen molar-refractivity contribution in [2.24, 2.45) is 0 Å². The lowest BCUT2D eigenvalue weighted by molar-refractivity contribution is -0.117. The van der Waals surface area contributed by atoms with Crippen LogP contribution in [0.5, 0.6) is 0 Å². The third kappa shape index (κ3) is 3.88. The van der Waals surface area contributed by atoms with E-state index in [9.17, 15) is 9.90 Å². The summed E-state index contributed by atoms with van der Waals surface area (Å²) in [6.45, 7) is 1.90. The molecular weight excluding hydrogens is 326 g/mol. The lowest BCUT2D eigenvalue weighted by Crippen LogP contribution is -2.37. The lowest BCUT2D eigenvalue weighted by Gasteiger charge is -2.21. The van der Waals surface area contributed by atoms with Gasteiger partial charge in [0.25, 0.3) is 0 Å². The Kier molecular flexibility index (Phi) is 4.61. The molecule has 118 valence electrons. The molecule has 2 heterocycles. The van der Waals surface area contributed by atoms with Crippen molar-refractivity contribution < 1.29 is 9.90 Å². The van der Waals surface area contributed by atoms with Gasteiger partial charge in [-0.15, -0.1) is 22.7 Å². The predicted octanol–water partition coefficient (Wildman–Crippen LogP) is 4.00. The van der Waals surface area contributed by atoms with Gasteiger partial charge in [0.1, 0.15) is 5.60 Å². The molecule has 1 unspecified atom stereocenters. The van der Waals surface area contributed by atoms with Crippen LogP contribution in [0.2, 0.25) is 0 Å². The SMILES string of the molecule is CC(O)(CNC(=O)/C=C/c1cccs1)c1cc2ccccc2s1. The molecule has 0 saturated carbocycles. The second kappa shape index (κ2) is 6.66. The third-order valence-electron chi connectivity index (χ3n) is 3.51. The standard InChI is InChI=1S/C18H17NO2S2/c1-18(21,16-11-13-5-2-3-7-15(13)23-16)12-19-17(20)9-8-14-6-4-10-22-14/h2-11,21H,12H2,1H3,(H,19,20)/b9-8+. The van der Waals surface area contributed by atoms with Crippen LogP contribution in [0.15, 0.2) is 53.9 Å². The molecule has 3 nitrogen and oxygen atoms in total. The van der Waals surface area contributed by atoms with E-state index in [0.29, 0.717) is 0 Å². The van der Waals surface area contributed by atoms with Gasteiger partial charge < -0.3 is 10.4 Å². The minimum absolute atomic E-state index is 0.174. The zero-order valence-corrected chi connectivity index (χ0v) is 14.3. The highest BCUT2D eigenvalue weighted by atomic mass is 32.1. The number of carbonyl (C=O) groups excluding carboxylic acids is 1. The summed E-state index contributed by atoms with van der Waals surface area (Å²) in [6.07, 6.45) is 3.26. The van der Waals surface area contributed by atoms with Crippen molar-refractivity contribution in [3.05, 3.63) is 63.7 Å². The zero-order chi connectivity index (χ0) is 16.3. The van der Waals surface area contributed by atoms with Crippen molar-refractivity contribution in [2.45, 2.75) is 12.5 Å². The maximum Gasteiger partial charge on any atom is 0.244 e. The lowest BCUT2D eigenvalue weighted by atomic mass is 10.0. The molecule has 5 heteroatoms. The van der Waals surface area contributed by atoms with E-state index in [1.165, 1.54) is 6.08 Å². The topological polar surface area (TPSA) is 49.3 Å². The largest absolute Gasteiger partial charge is 0.383 e. The minimum Gasteiger partial charge on any atom is -0.383 e. The number of hydrogen-bond donors (Lipinski definition) is 2. The Morgan fingerprint density at radius 2 is 2.13 bits per heavy atom. The monoisotopic (exact) mass is 343 g/mol. The Morgan fingerprint density at radius 1 is 1.30 bits per heavy atom. The number of hydrogen-bond acceptors (Lipinski definition) is 4. The summed E-state index contributed by atoms with van der Waals surface area (Å²) in [6, 6.07) is 13.9. The number of benzene rings is 1. The second-order valence-corrected chi connectivity index (χ2v) is 7.55. The van der Waals surface area contributed by atoms with Crippen molar-refractivity contribution >= 4 is 44.7 Å². The van der Waals surface area contributed by atoms with E-state index in [-0.39, 0.29) is 12.5 Å². The van der Waals surface area contributed by atoms with Crippen LogP contribution in [-0.4, -0.2) is 17.6 Å². The van der Waals surface area contributed by atoms with E-state index < -0.39 is 5.60 Å². The molecule has 0 bridgehead atoms. The first-order valence-electron chi connectivity index (χ1n) is 7.25. The van der Waals surface area contributed by atoms with E-state index in [1.54, 1.807) is 35.7 Å². The Balaban J connectivity index is 1.65. The third-order valence-corrected chi connectivity index (χ3v) is 5.71. The van der Waals surface area contributed by atoms with Crippen LogP contribution in [0.25, 0.3) is 16.2 Å². The summed E-state index contributed by atoms with van der Waals surface area (Å²) in [5, 5.41) is 16.5. The van der Waals surface area contributed by atoms with Crippen molar-refractivity contribution in [1.82, 2.24) is 5.32 Å². The van der Waals surface area contributed by atoms with Gasteiger partial charge in [0.15, 0.2) is 0 Å². The summed E-state index contributed by atoms with van der Waals surface area (Å²) >= 11 is 3.12. The fraction of sp³-hybridized carbons (Fsp3) is 0.167. The molecule has 1 atom stereocenters. The number of nitrogens with one attached hydrogen (secondary N) is 1. The van der Waals surface area contributed by atoms with Crippen LogP contribution in [0, 0.1) is 0 Å². The number of aliphatic hydroxyl groups is 1. The van der Waals surface area contributed by atoms with Crippen LogP contribution >= 0.6 is 22.7 Å². The van der Waals surface area contributed by atoms with Crippen molar-refractivity contribution in [2.75, 3.05) is 6.54 Å². The summed E-state index contributed by atoms with van der Waals surface area (Å²) in [5.41, 5.74) is -1.09. The van der Waals surface area contributed by atoms with Gasteiger partial charge in [-0.05, 0) is 42.0 Å². The molecule has 2 N–H and O–H groups in total. The zero-order valence-electron chi connectivity index (χ0n) is 12.7. The Morgan fingerprint density at radius 3 is 2.87 bits per heavy atom. The Bertz CT molecular complexity index is 799. The Labute approximate surface area is 142 Å². The number of carbonyl (C=O) groups is 1. The highest BCUT2D eigenvalue weighted by Crippen LogP contribution is 2.32. The van der Waals surface area contributed by atoms with Gasteiger partial charge in [-0.2, -0.15) is 0 Å². The van der Waals surface area contributed by atoms with E-state index >= 15 is 0 Å². The average molecular weight is 343 g/mol. The first-order chi connectivity index (χ1) is 11.0. The molecule has 23 heavy (non-hydrogen) atoms. The summed E-state index contributed by atoms with van der Waals surface area (Å²) in [5.74, 6) is -0.209. The van der Waals surface area contributed by atoms with Gasteiger partial charge in [0.2, 0.25) is 5.91 Å². The average Bonchev–Trinajstić information content (AvgIpc) is 3.20. The predicted molar refractivity (Wildman–Crippen MR) is 97.8 cm³/mol. The van der Waals surface area contributed by atoms with Crippen molar-refractivity contribution in [3.63, 3.8) is 0 Å². The van der Waals surface area contributed by atoms with E-state index in [1.807, 2.05) is 47.8 Å². The molecular formula is C18H17NO2S2. The molecule has 3 rings (SSSR count). The van der Waals surface area contributed by atoms with E-state index in [0.717, 1.165) is 19.8 Å². The van der Waals surface area contributed by atoms with Gasteiger partial charge in [0, 0.05) is 20.5 Å². The normalized spacial score (nSPS) is 14.2. The maximum absolute atomic E-state index is 11.9. The highest BCUT2D eigenvalue weighted by molar-refractivity contribution is 7.19. The number of rotatable bonds is 5. The van der Waals surface area contributed by atoms with E-state index in [2.05, 4.69) is 5.32 Å². The summed E-state index contributed by atoms with van der Waals surface area (Å²) < 4.78 is 1.13. The first kappa shape index (κ1) is 15.9. The molecule has 3 aromatic rings. The van der Waals surface area contributed by atoms with Crippen LogP contribution < -0.4 is 5.32 Å². The van der Waals surface area contributed by atoms with E-state index in [4.69, 9.17) is 0 Å². The molecule has 0 saturated heterocycles. The molecule has 1 aromatic carbocycles. The summed E-state index contributed by atoms with van der Waals surface area (Å²) in [4.78, 5) is 13.8. The van der Waals surface area contributed by atoms with Gasteiger partial charge in [-0.25, -0.2) is 0 Å². The fourth-order valence-electron chi connectivity index (χ4n) is 2.20. The molecule has 0 aliphatic carbocycles. The second-order valence-electron chi connectivity index (χ2n) is 5.49. The van der Waals surface area contributed by atoms with Crippen molar-refractivity contribution in [1.29, 1.82) is 0 Å². The van der Waals surface area contributed by atoms with Crippen LogP contribution in [-0.2, 0) is 10.4 Å². The number of fused-ring (bicyclic) bond motifs is 1. The molecule has 1 amide bonds. The fourth-order valence-corrected chi connectivity index (χ4v) is 3.92. The quantitative estimate of drug-likeness (QED) is 0.688. The molecule has 0 aliphatic rings. The molecule has 0 aliphatic heterocycles. The van der Waals surface area contributed by atoms with Crippen LogP contribution in [0.1, 0.15) is 16.7 Å². The number of amides is 1. The maximum atomic E-state index is 11.9. The number of thiophene rings is 2.